The predicted octanol–water partition coefficient (Wildman–Crippen LogP) is 2.14. The van der Waals surface area contributed by atoms with Crippen LogP contribution in [0.25, 0.3) is 11.4 Å². The molecule has 0 saturated carbocycles. The molecule has 2 N–H and O–H groups in total. The van der Waals surface area contributed by atoms with Gasteiger partial charge in [0.05, 0.1) is 12.1 Å². The van der Waals surface area contributed by atoms with E-state index in [-0.39, 0.29) is 0 Å². The second-order valence-electron chi connectivity index (χ2n) is 2.84. The van der Waals surface area contributed by atoms with E-state index < -0.39 is 0 Å². The van der Waals surface area contributed by atoms with Crippen LogP contribution in [0.1, 0.15) is 13.8 Å². The van der Waals surface area contributed by atoms with Gasteiger partial charge in [-0.25, -0.2) is 0 Å². The monoisotopic (exact) mass is 239 g/mol. The average Bonchev–Trinajstić information content (AvgIpc) is 2.71. The summed E-state index contributed by atoms with van der Waals surface area (Å²) in [5.41, 5.74) is 6.95. The Morgan fingerprint density at radius 2 is 2.00 bits per heavy atom. The number of nitrogens with zero attached hydrogens (tertiary/aromatic N) is 4. The van der Waals surface area contributed by atoms with Gasteiger partial charge in [-0.15, -0.1) is 10.2 Å². The van der Waals surface area contributed by atoms with Crippen molar-refractivity contribution in [2.24, 2.45) is 7.05 Å². The Bertz CT molecular complexity index is 466. The number of benzene rings is 1. The first-order valence-corrected chi connectivity index (χ1v) is 5.34. The number of aromatic nitrogens is 4. The Kier molecular flexibility index (Phi) is 4.25. The van der Waals surface area contributed by atoms with Crippen molar-refractivity contribution < 1.29 is 0 Å². The smallest absolute Gasteiger partial charge is 0.206 e. The van der Waals surface area contributed by atoms with Crippen LogP contribution < -0.4 is 5.73 Å². The predicted molar refractivity (Wildman–Crippen MR) is 65.0 cm³/mol. The molecule has 0 aliphatic carbocycles. The third kappa shape index (κ3) is 2.70. The zero-order valence-electron chi connectivity index (χ0n) is 9.48. The molecule has 0 radical (unpaired) electrons. The lowest BCUT2D eigenvalue weighted by molar-refractivity contribution is 0.630. The minimum absolute atomic E-state index is 0.477. The molecular weight excluding hydrogens is 226 g/mol. The maximum absolute atomic E-state index is 5.97. The quantitative estimate of drug-likeness (QED) is 0.774. The number of aryl methyl sites for hydroxylation is 1. The standard InChI is InChI=1S/C8H8ClN5.C2H6/c1-14-12-8(11-13-14)6-4-5(10)2-3-7(6)9;1-2/h2-4H,10H2,1H3;1-2H3. The van der Waals surface area contributed by atoms with Crippen LogP contribution in [0.3, 0.4) is 0 Å². The molecule has 0 saturated heterocycles. The highest BCUT2D eigenvalue weighted by Crippen LogP contribution is 2.26. The molecule has 1 aromatic heterocycles. The van der Waals surface area contributed by atoms with Crippen LogP contribution in [-0.2, 0) is 7.05 Å². The molecule has 2 aromatic rings. The fraction of sp³-hybridized carbons (Fsp3) is 0.300. The molecule has 6 heteroatoms. The summed E-state index contributed by atoms with van der Waals surface area (Å²) in [5, 5.41) is 12.2. The molecule has 86 valence electrons. The van der Waals surface area contributed by atoms with E-state index in [2.05, 4.69) is 15.4 Å². The Morgan fingerprint density at radius 1 is 1.31 bits per heavy atom. The fourth-order valence-electron chi connectivity index (χ4n) is 1.11. The summed E-state index contributed by atoms with van der Waals surface area (Å²) < 4.78 is 0. The van der Waals surface area contributed by atoms with E-state index in [1.165, 1.54) is 4.80 Å². The van der Waals surface area contributed by atoms with Gasteiger partial charge in [-0.1, -0.05) is 25.4 Å². The number of hydrogen-bond acceptors (Lipinski definition) is 4. The van der Waals surface area contributed by atoms with Crippen molar-refractivity contribution in [1.29, 1.82) is 0 Å². The molecule has 16 heavy (non-hydrogen) atoms. The largest absolute Gasteiger partial charge is 0.399 e. The Morgan fingerprint density at radius 3 is 2.56 bits per heavy atom. The summed E-state index contributed by atoms with van der Waals surface area (Å²) in [6.45, 7) is 4.00. The van der Waals surface area contributed by atoms with Gasteiger partial charge in [0.25, 0.3) is 0 Å². The second-order valence-corrected chi connectivity index (χ2v) is 3.25. The van der Waals surface area contributed by atoms with Gasteiger partial charge < -0.3 is 5.73 Å². The van der Waals surface area contributed by atoms with Crippen LogP contribution in [-0.4, -0.2) is 20.2 Å². The van der Waals surface area contributed by atoms with Crippen LogP contribution in [0.5, 0.6) is 0 Å². The van der Waals surface area contributed by atoms with Gasteiger partial charge in [-0.2, -0.15) is 4.80 Å². The second kappa shape index (κ2) is 5.46. The number of tetrazole rings is 1. The van der Waals surface area contributed by atoms with Crippen molar-refractivity contribution in [1.82, 2.24) is 20.2 Å². The van der Waals surface area contributed by atoms with Gasteiger partial charge in [0.2, 0.25) is 5.82 Å². The topological polar surface area (TPSA) is 69.6 Å². The normalized spacial score (nSPS) is 9.50. The minimum Gasteiger partial charge on any atom is -0.399 e. The highest BCUT2D eigenvalue weighted by molar-refractivity contribution is 6.33. The average molecular weight is 240 g/mol. The van der Waals surface area contributed by atoms with E-state index in [0.717, 1.165) is 0 Å². The molecule has 0 amide bonds. The molecule has 0 aliphatic heterocycles. The maximum atomic E-state index is 5.97. The Hall–Kier alpha value is -1.62. The summed E-state index contributed by atoms with van der Waals surface area (Å²) in [4.78, 5) is 1.37. The number of nitrogens with two attached hydrogens (primary N) is 1. The molecule has 0 fully saturated rings. The van der Waals surface area contributed by atoms with E-state index >= 15 is 0 Å². The third-order valence-corrected chi connectivity index (χ3v) is 2.07. The Labute approximate surface area is 99.2 Å². The highest BCUT2D eigenvalue weighted by Gasteiger charge is 2.08. The zero-order chi connectivity index (χ0) is 12.1. The summed E-state index contributed by atoms with van der Waals surface area (Å²) >= 11 is 5.97. The molecule has 2 rings (SSSR count). The van der Waals surface area contributed by atoms with Crippen LogP contribution in [0.2, 0.25) is 5.02 Å². The number of hydrogen-bond donors (Lipinski definition) is 1. The number of nitrogen functional groups attached to an aromatic ring is 1. The van der Waals surface area contributed by atoms with Crippen LogP contribution in [0, 0.1) is 0 Å². The molecule has 0 spiro atoms. The number of anilines is 1. The first-order valence-electron chi connectivity index (χ1n) is 4.96. The lowest BCUT2D eigenvalue weighted by atomic mass is 10.2. The number of halogens is 1. The molecule has 5 nitrogen and oxygen atoms in total. The Balaban J connectivity index is 0.000000606. The van der Waals surface area contributed by atoms with Crippen molar-refractivity contribution in [3.8, 4) is 11.4 Å². The summed E-state index contributed by atoms with van der Waals surface area (Å²) in [6, 6.07) is 5.16. The van der Waals surface area contributed by atoms with E-state index in [9.17, 15) is 0 Å². The van der Waals surface area contributed by atoms with Crippen molar-refractivity contribution >= 4 is 17.3 Å². The summed E-state index contributed by atoms with van der Waals surface area (Å²) in [5.74, 6) is 0.477. The van der Waals surface area contributed by atoms with Gasteiger partial charge in [0, 0.05) is 11.3 Å². The lowest BCUT2D eigenvalue weighted by Crippen LogP contribution is -1.92. The van der Waals surface area contributed by atoms with Crippen LogP contribution in [0.15, 0.2) is 18.2 Å². The van der Waals surface area contributed by atoms with Gasteiger partial charge in [0.1, 0.15) is 0 Å². The van der Waals surface area contributed by atoms with Crippen LogP contribution in [0.4, 0.5) is 5.69 Å². The summed E-state index contributed by atoms with van der Waals surface area (Å²) in [7, 11) is 1.69. The van der Waals surface area contributed by atoms with Gasteiger partial charge in [0.15, 0.2) is 0 Å². The highest BCUT2D eigenvalue weighted by atomic mass is 35.5. The molecule has 0 bridgehead atoms. The van der Waals surface area contributed by atoms with Gasteiger partial charge in [-0.05, 0) is 23.4 Å². The lowest BCUT2D eigenvalue weighted by Gasteiger charge is -1.99. The van der Waals surface area contributed by atoms with Gasteiger partial charge >= 0.3 is 0 Å². The van der Waals surface area contributed by atoms with Gasteiger partial charge in [-0.3, -0.25) is 0 Å². The SMILES string of the molecule is CC.Cn1nnc(-c2cc(N)ccc2Cl)n1. The van der Waals surface area contributed by atoms with Crippen molar-refractivity contribution in [2.75, 3.05) is 5.73 Å². The van der Waals surface area contributed by atoms with Crippen LogP contribution >= 0.6 is 11.6 Å². The first kappa shape index (κ1) is 12.4. The zero-order valence-corrected chi connectivity index (χ0v) is 10.2. The van der Waals surface area contributed by atoms with E-state index in [1.54, 1.807) is 25.2 Å². The van der Waals surface area contributed by atoms with E-state index in [0.29, 0.717) is 22.1 Å². The molecule has 0 aliphatic rings. The van der Waals surface area contributed by atoms with Crippen molar-refractivity contribution in [2.45, 2.75) is 13.8 Å². The fourth-order valence-corrected chi connectivity index (χ4v) is 1.31. The summed E-state index contributed by atoms with van der Waals surface area (Å²) in [6.07, 6.45) is 0. The molecule has 0 unspecified atom stereocenters. The maximum Gasteiger partial charge on any atom is 0.206 e. The molecule has 1 aromatic carbocycles. The van der Waals surface area contributed by atoms with Crippen molar-refractivity contribution in [3.05, 3.63) is 23.2 Å². The number of rotatable bonds is 1. The molecule has 0 atom stereocenters. The minimum atomic E-state index is 0.477. The molecule has 1 heterocycles. The third-order valence-electron chi connectivity index (χ3n) is 1.74. The van der Waals surface area contributed by atoms with E-state index in [1.807, 2.05) is 13.8 Å². The van der Waals surface area contributed by atoms with Crippen molar-refractivity contribution in [3.63, 3.8) is 0 Å². The van der Waals surface area contributed by atoms with E-state index in [4.69, 9.17) is 17.3 Å². The first-order chi connectivity index (χ1) is 7.66. The molecular formula is C10H14ClN5.